The number of fused-ring (bicyclic) bond motifs is 1. The van der Waals surface area contributed by atoms with E-state index >= 15 is 0 Å². The van der Waals surface area contributed by atoms with Crippen molar-refractivity contribution in [2.45, 2.75) is 6.42 Å². The van der Waals surface area contributed by atoms with Crippen LogP contribution in [0.2, 0.25) is 0 Å². The molecule has 100 valence electrons. The van der Waals surface area contributed by atoms with Crippen LogP contribution in [0.25, 0.3) is 0 Å². The lowest BCUT2D eigenvalue weighted by Crippen LogP contribution is -2.37. The predicted molar refractivity (Wildman–Crippen MR) is 72.5 cm³/mol. The molecule has 5 nitrogen and oxygen atoms in total. The highest BCUT2D eigenvalue weighted by atomic mass is 16.4. The summed E-state index contributed by atoms with van der Waals surface area (Å²) in [7, 11) is 0. The molecule has 5 heteroatoms. The normalized spacial score (nSPS) is 13.2. The third kappa shape index (κ3) is 2.82. The van der Waals surface area contributed by atoms with Crippen molar-refractivity contribution in [3.8, 4) is 0 Å². The van der Waals surface area contributed by atoms with E-state index in [1.807, 2.05) is 0 Å². The van der Waals surface area contributed by atoms with Crippen molar-refractivity contribution in [1.82, 2.24) is 5.32 Å². The molecule has 2 rings (SSSR count). The average molecular weight is 260 g/mol. The van der Waals surface area contributed by atoms with Crippen LogP contribution in [0.1, 0.15) is 15.9 Å². The first-order chi connectivity index (χ1) is 9.13. The van der Waals surface area contributed by atoms with Gasteiger partial charge in [-0.25, -0.2) is 4.79 Å². The monoisotopic (exact) mass is 260 g/mol. The summed E-state index contributed by atoms with van der Waals surface area (Å²) in [5, 5.41) is 11.9. The number of carboxylic acid groups (broad SMARTS) is 1. The van der Waals surface area contributed by atoms with E-state index < -0.39 is 5.97 Å². The number of hydrogen-bond donors (Lipinski definition) is 2. The van der Waals surface area contributed by atoms with Gasteiger partial charge in [0.15, 0.2) is 0 Å². The number of hydrogen-bond acceptors (Lipinski definition) is 3. The second-order valence-corrected chi connectivity index (χ2v) is 4.36. The molecule has 19 heavy (non-hydrogen) atoms. The fourth-order valence-electron chi connectivity index (χ4n) is 2.15. The highest BCUT2D eigenvalue weighted by Crippen LogP contribution is 2.29. The van der Waals surface area contributed by atoms with Gasteiger partial charge in [-0.1, -0.05) is 12.1 Å². The zero-order valence-corrected chi connectivity index (χ0v) is 10.6. The van der Waals surface area contributed by atoms with E-state index in [9.17, 15) is 9.59 Å². The van der Waals surface area contributed by atoms with Crippen molar-refractivity contribution >= 4 is 17.6 Å². The third-order valence-corrected chi connectivity index (χ3v) is 3.09. The van der Waals surface area contributed by atoms with E-state index in [0.717, 1.165) is 12.0 Å². The summed E-state index contributed by atoms with van der Waals surface area (Å²) in [5.74, 6) is -1.03. The highest BCUT2D eigenvalue weighted by molar-refractivity contribution is 5.98. The summed E-state index contributed by atoms with van der Waals surface area (Å²) in [6.07, 6.45) is 2.45. The Morgan fingerprint density at radius 2 is 2.26 bits per heavy atom. The first-order valence-electron chi connectivity index (χ1n) is 6.11. The number of aromatic carboxylic acids is 1. The molecule has 1 aromatic carbocycles. The maximum absolute atomic E-state index is 12.0. The summed E-state index contributed by atoms with van der Waals surface area (Å²) < 4.78 is 0. The van der Waals surface area contributed by atoms with Gasteiger partial charge >= 0.3 is 5.97 Å². The summed E-state index contributed by atoms with van der Waals surface area (Å²) in [6, 6.07) is 4.92. The van der Waals surface area contributed by atoms with Crippen molar-refractivity contribution in [2.75, 3.05) is 24.5 Å². The molecule has 0 aliphatic carbocycles. The van der Waals surface area contributed by atoms with Crippen molar-refractivity contribution in [2.24, 2.45) is 0 Å². The molecule has 0 spiro atoms. The van der Waals surface area contributed by atoms with E-state index in [1.54, 1.807) is 29.2 Å². The Balaban J connectivity index is 2.15. The topological polar surface area (TPSA) is 69.6 Å². The van der Waals surface area contributed by atoms with Gasteiger partial charge in [-0.15, -0.1) is 6.58 Å². The lowest BCUT2D eigenvalue weighted by Gasteiger charge is -2.17. The number of carbonyl (C=O) groups is 2. The summed E-state index contributed by atoms with van der Waals surface area (Å²) in [5.41, 5.74) is 1.94. The van der Waals surface area contributed by atoms with Gasteiger partial charge in [0.2, 0.25) is 5.91 Å². The van der Waals surface area contributed by atoms with Gasteiger partial charge in [0.05, 0.1) is 12.1 Å². The number of amides is 1. The predicted octanol–water partition coefficient (Wildman–Crippen LogP) is 1.05. The van der Waals surface area contributed by atoms with Crippen LogP contribution in [0.4, 0.5) is 5.69 Å². The minimum absolute atomic E-state index is 0.0526. The molecular weight excluding hydrogens is 244 g/mol. The van der Waals surface area contributed by atoms with Crippen LogP contribution in [0.15, 0.2) is 30.9 Å². The molecular formula is C14H16N2O3. The zero-order valence-electron chi connectivity index (χ0n) is 10.6. The molecule has 0 unspecified atom stereocenters. The van der Waals surface area contributed by atoms with E-state index in [0.29, 0.717) is 18.8 Å². The number of carbonyl (C=O) groups excluding carboxylic acids is 1. The van der Waals surface area contributed by atoms with Gasteiger partial charge in [0, 0.05) is 18.8 Å². The smallest absolute Gasteiger partial charge is 0.335 e. The quantitative estimate of drug-likeness (QED) is 0.613. The number of anilines is 1. The van der Waals surface area contributed by atoms with E-state index in [-0.39, 0.29) is 18.0 Å². The van der Waals surface area contributed by atoms with Crippen LogP contribution in [0, 0.1) is 0 Å². The molecule has 1 aliphatic heterocycles. The third-order valence-electron chi connectivity index (χ3n) is 3.09. The Kier molecular flexibility index (Phi) is 3.97. The minimum atomic E-state index is -0.980. The van der Waals surface area contributed by atoms with Gasteiger partial charge in [-0.2, -0.15) is 0 Å². The van der Waals surface area contributed by atoms with Gasteiger partial charge < -0.3 is 15.3 Å². The van der Waals surface area contributed by atoms with Crippen LogP contribution >= 0.6 is 0 Å². The molecule has 0 fully saturated rings. The van der Waals surface area contributed by atoms with E-state index in [4.69, 9.17) is 5.11 Å². The van der Waals surface area contributed by atoms with Gasteiger partial charge in [-0.05, 0) is 24.1 Å². The lowest BCUT2D eigenvalue weighted by molar-refractivity contribution is -0.117. The van der Waals surface area contributed by atoms with Crippen molar-refractivity contribution in [3.05, 3.63) is 42.0 Å². The Bertz CT molecular complexity index is 525. The average Bonchev–Trinajstić information content (AvgIpc) is 2.81. The Hall–Kier alpha value is -2.14. The molecule has 1 aromatic rings. The standard InChI is InChI=1S/C14H16N2O3/c1-2-6-15-9-13(17)16-7-5-10-3-4-11(14(18)19)8-12(10)16/h2-4,8,15H,1,5-7,9H2,(H,18,19). The number of carboxylic acids is 1. The van der Waals surface area contributed by atoms with Crippen LogP contribution in [0.5, 0.6) is 0 Å². The number of nitrogens with one attached hydrogen (secondary N) is 1. The Morgan fingerprint density at radius 1 is 1.47 bits per heavy atom. The summed E-state index contributed by atoms with van der Waals surface area (Å²) >= 11 is 0. The first kappa shape index (κ1) is 13.3. The molecule has 0 aromatic heterocycles. The fourth-order valence-corrected chi connectivity index (χ4v) is 2.15. The summed E-state index contributed by atoms with van der Waals surface area (Å²) in [4.78, 5) is 24.6. The fraction of sp³-hybridized carbons (Fsp3) is 0.286. The first-order valence-corrected chi connectivity index (χ1v) is 6.11. The van der Waals surface area contributed by atoms with Crippen molar-refractivity contribution in [1.29, 1.82) is 0 Å². The molecule has 1 heterocycles. The largest absolute Gasteiger partial charge is 0.478 e. The molecule has 1 amide bonds. The summed E-state index contributed by atoms with van der Waals surface area (Å²) in [6.45, 7) is 4.97. The molecule has 0 radical (unpaired) electrons. The zero-order chi connectivity index (χ0) is 13.8. The van der Waals surface area contributed by atoms with Crippen LogP contribution in [-0.2, 0) is 11.2 Å². The van der Waals surface area contributed by atoms with Gasteiger partial charge in [0.25, 0.3) is 0 Å². The molecule has 0 atom stereocenters. The van der Waals surface area contributed by atoms with Gasteiger partial charge in [0.1, 0.15) is 0 Å². The Morgan fingerprint density at radius 3 is 2.95 bits per heavy atom. The van der Waals surface area contributed by atoms with Crippen LogP contribution in [-0.4, -0.2) is 36.6 Å². The molecule has 1 aliphatic rings. The van der Waals surface area contributed by atoms with Crippen molar-refractivity contribution in [3.63, 3.8) is 0 Å². The van der Waals surface area contributed by atoms with E-state index in [1.165, 1.54) is 0 Å². The molecule has 0 bridgehead atoms. The van der Waals surface area contributed by atoms with Crippen LogP contribution in [0.3, 0.4) is 0 Å². The maximum atomic E-state index is 12.0. The number of benzene rings is 1. The second-order valence-electron chi connectivity index (χ2n) is 4.36. The van der Waals surface area contributed by atoms with Crippen molar-refractivity contribution < 1.29 is 14.7 Å². The highest BCUT2D eigenvalue weighted by Gasteiger charge is 2.25. The van der Waals surface area contributed by atoms with E-state index in [2.05, 4.69) is 11.9 Å². The second kappa shape index (κ2) is 5.67. The van der Waals surface area contributed by atoms with Gasteiger partial charge in [-0.3, -0.25) is 4.79 Å². The molecule has 0 saturated carbocycles. The SMILES string of the molecule is C=CCNCC(=O)N1CCc2ccc(C(=O)O)cc21. The number of rotatable bonds is 5. The Labute approximate surface area is 111 Å². The molecule has 2 N–H and O–H groups in total. The maximum Gasteiger partial charge on any atom is 0.335 e. The molecule has 0 saturated heterocycles. The van der Waals surface area contributed by atoms with Crippen LogP contribution < -0.4 is 10.2 Å². The minimum Gasteiger partial charge on any atom is -0.478 e. The lowest BCUT2D eigenvalue weighted by atomic mass is 10.1. The number of nitrogens with zero attached hydrogens (tertiary/aromatic N) is 1.